The molecule has 0 aliphatic carbocycles. The summed E-state index contributed by atoms with van der Waals surface area (Å²) in [6, 6.07) is 15.0. The third-order valence-corrected chi connectivity index (χ3v) is 2.78. The largest absolute Gasteiger partial charge is 0.488 e. The number of carbonyl (C=O) groups excluding carboxylic acids is 1. The van der Waals surface area contributed by atoms with Crippen LogP contribution in [0.25, 0.3) is 0 Å². The summed E-state index contributed by atoms with van der Waals surface area (Å²) in [6.45, 7) is 4.46. The Morgan fingerprint density at radius 1 is 0.900 bits per heavy atom. The maximum Gasteiger partial charge on any atom is 0.197 e. The standard InChI is InChI=1S/C14H10O2.C2H6.CH3.Y/c15-14-11-6-2-1-5-10(11)9-16-13-8-4-3-7-12(13)14;1-2;;/h1-8H,9H2;1-2H3;1H3;/q;;-1;. The first-order valence-corrected chi connectivity index (χ1v) is 6.21. The fourth-order valence-corrected chi connectivity index (χ4v) is 1.95. The molecule has 1 radical (unpaired) electrons. The molecule has 0 amide bonds. The Bertz CT molecular complexity index is 515. The normalized spacial score (nSPS) is 11.0. The molecule has 1 heterocycles. The molecule has 0 N–H and O–H groups in total. The van der Waals surface area contributed by atoms with Crippen molar-refractivity contribution in [2.75, 3.05) is 0 Å². The smallest absolute Gasteiger partial charge is 0.197 e. The van der Waals surface area contributed by atoms with E-state index in [1.807, 2.05) is 56.3 Å². The summed E-state index contributed by atoms with van der Waals surface area (Å²) in [5.74, 6) is 0.715. The quantitative estimate of drug-likeness (QED) is 0.667. The van der Waals surface area contributed by atoms with Gasteiger partial charge in [0, 0.05) is 43.8 Å². The monoisotopic (exact) mass is 344 g/mol. The predicted octanol–water partition coefficient (Wildman–Crippen LogP) is 4.28. The Hall–Kier alpha value is -0.986. The van der Waals surface area contributed by atoms with Gasteiger partial charge in [-0.1, -0.05) is 50.2 Å². The molecule has 2 aromatic rings. The number of ether oxygens (including phenoxy) is 1. The third-order valence-electron chi connectivity index (χ3n) is 2.78. The van der Waals surface area contributed by atoms with Crippen LogP contribution in [-0.2, 0) is 39.3 Å². The van der Waals surface area contributed by atoms with Gasteiger partial charge in [0.15, 0.2) is 5.78 Å². The molecule has 0 spiro atoms. The summed E-state index contributed by atoms with van der Waals surface area (Å²) in [6.07, 6.45) is 0. The predicted molar refractivity (Wildman–Crippen MR) is 78.4 cm³/mol. The van der Waals surface area contributed by atoms with Crippen molar-refractivity contribution in [2.45, 2.75) is 20.5 Å². The number of ketones is 1. The molecule has 1 aliphatic rings. The molecule has 20 heavy (non-hydrogen) atoms. The molecule has 3 heteroatoms. The molecule has 103 valence electrons. The number of hydrogen-bond acceptors (Lipinski definition) is 2. The molecule has 0 aromatic heterocycles. The minimum Gasteiger partial charge on any atom is -0.488 e. The second kappa shape index (κ2) is 9.04. The zero-order valence-corrected chi connectivity index (χ0v) is 15.1. The molecule has 0 bridgehead atoms. The molecular weight excluding hydrogens is 325 g/mol. The van der Waals surface area contributed by atoms with Crippen LogP contribution in [0.4, 0.5) is 0 Å². The van der Waals surface area contributed by atoms with E-state index < -0.39 is 0 Å². The number of rotatable bonds is 0. The number of para-hydroxylation sites is 1. The van der Waals surface area contributed by atoms with E-state index in [0.717, 1.165) is 11.1 Å². The van der Waals surface area contributed by atoms with Gasteiger partial charge < -0.3 is 12.2 Å². The minimum atomic E-state index is 0. The summed E-state index contributed by atoms with van der Waals surface area (Å²) in [7, 11) is 0. The van der Waals surface area contributed by atoms with Crippen molar-refractivity contribution in [3.63, 3.8) is 0 Å². The summed E-state index contributed by atoms with van der Waals surface area (Å²) in [4.78, 5) is 12.2. The van der Waals surface area contributed by atoms with Gasteiger partial charge >= 0.3 is 0 Å². The zero-order valence-electron chi connectivity index (χ0n) is 12.2. The zero-order chi connectivity index (χ0) is 13.0. The van der Waals surface area contributed by atoms with E-state index in [-0.39, 0.29) is 45.9 Å². The fraction of sp³-hybridized carbons (Fsp3) is 0.176. The SMILES string of the molecule is CC.O=C1c2ccccc2COc2ccccc21.[CH3-].[Y]. The maximum absolute atomic E-state index is 12.2. The number of fused-ring (bicyclic) bond motifs is 2. The first-order chi connectivity index (χ1) is 8.86. The molecule has 0 fully saturated rings. The van der Waals surface area contributed by atoms with Gasteiger partial charge in [-0.25, -0.2) is 0 Å². The van der Waals surface area contributed by atoms with Gasteiger partial charge in [0.25, 0.3) is 0 Å². The van der Waals surface area contributed by atoms with Crippen molar-refractivity contribution < 1.29 is 42.2 Å². The second-order valence-corrected chi connectivity index (χ2v) is 3.77. The van der Waals surface area contributed by atoms with E-state index in [2.05, 4.69) is 0 Å². The van der Waals surface area contributed by atoms with Crippen molar-refractivity contribution in [3.8, 4) is 5.75 Å². The minimum absolute atomic E-state index is 0. The summed E-state index contributed by atoms with van der Waals surface area (Å²) < 4.78 is 5.62. The van der Waals surface area contributed by atoms with Crippen molar-refractivity contribution in [2.24, 2.45) is 0 Å². The molecule has 1 aliphatic heterocycles. The number of carbonyl (C=O) groups is 1. The Labute approximate surface area is 146 Å². The van der Waals surface area contributed by atoms with Crippen LogP contribution < -0.4 is 4.74 Å². The molecule has 0 saturated heterocycles. The van der Waals surface area contributed by atoms with Crippen LogP contribution >= 0.6 is 0 Å². The van der Waals surface area contributed by atoms with Gasteiger partial charge in [0.2, 0.25) is 0 Å². The van der Waals surface area contributed by atoms with E-state index in [4.69, 9.17) is 4.74 Å². The van der Waals surface area contributed by atoms with Crippen molar-refractivity contribution in [3.05, 3.63) is 72.6 Å². The van der Waals surface area contributed by atoms with E-state index in [0.29, 0.717) is 17.9 Å². The van der Waals surface area contributed by atoms with Gasteiger partial charge in [0.05, 0.1) is 5.56 Å². The summed E-state index contributed by atoms with van der Waals surface area (Å²) in [5.41, 5.74) is 2.34. The van der Waals surface area contributed by atoms with E-state index >= 15 is 0 Å². The molecule has 2 nitrogen and oxygen atoms in total. The Balaban J connectivity index is 0.000000866. The molecule has 0 saturated carbocycles. The molecule has 2 aromatic carbocycles. The molecule has 0 atom stereocenters. The van der Waals surface area contributed by atoms with Gasteiger partial charge in [0.1, 0.15) is 12.4 Å². The van der Waals surface area contributed by atoms with Crippen LogP contribution in [0.1, 0.15) is 35.3 Å². The van der Waals surface area contributed by atoms with Crippen LogP contribution in [0, 0.1) is 7.43 Å². The summed E-state index contributed by atoms with van der Waals surface area (Å²) in [5, 5.41) is 0. The van der Waals surface area contributed by atoms with Gasteiger partial charge in [-0.2, -0.15) is 0 Å². The Morgan fingerprint density at radius 2 is 1.45 bits per heavy atom. The van der Waals surface area contributed by atoms with E-state index in [9.17, 15) is 4.79 Å². The average molecular weight is 344 g/mol. The van der Waals surface area contributed by atoms with Crippen LogP contribution in [0.15, 0.2) is 48.5 Å². The third kappa shape index (κ3) is 3.77. The van der Waals surface area contributed by atoms with E-state index in [1.54, 1.807) is 6.07 Å². The van der Waals surface area contributed by atoms with Gasteiger partial charge in [-0.05, 0) is 12.1 Å². The first-order valence-electron chi connectivity index (χ1n) is 6.21. The van der Waals surface area contributed by atoms with Crippen LogP contribution in [-0.4, -0.2) is 5.78 Å². The second-order valence-electron chi connectivity index (χ2n) is 3.77. The Morgan fingerprint density at radius 3 is 2.15 bits per heavy atom. The van der Waals surface area contributed by atoms with Crippen molar-refractivity contribution >= 4 is 5.78 Å². The average Bonchev–Trinajstić information content (AvgIpc) is 2.60. The number of benzene rings is 2. The van der Waals surface area contributed by atoms with Gasteiger partial charge in [-0.15, -0.1) is 0 Å². The van der Waals surface area contributed by atoms with E-state index in [1.165, 1.54) is 0 Å². The van der Waals surface area contributed by atoms with Crippen molar-refractivity contribution in [1.82, 2.24) is 0 Å². The van der Waals surface area contributed by atoms with Crippen LogP contribution in [0.3, 0.4) is 0 Å². The first kappa shape index (κ1) is 19.0. The van der Waals surface area contributed by atoms with Crippen LogP contribution in [0.2, 0.25) is 0 Å². The topological polar surface area (TPSA) is 26.3 Å². The van der Waals surface area contributed by atoms with Crippen molar-refractivity contribution in [1.29, 1.82) is 0 Å². The summed E-state index contributed by atoms with van der Waals surface area (Å²) >= 11 is 0. The van der Waals surface area contributed by atoms with Gasteiger partial charge in [-0.3, -0.25) is 4.79 Å². The molecule has 3 rings (SSSR count). The molecular formula is C17H19O2Y-. The Kier molecular flexibility index (Phi) is 8.60. The fourth-order valence-electron chi connectivity index (χ4n) is 1.95. The molecule has 0 unspecified atom stereocenters. The maximum atomic E-state index is 12.2. The van der Waals surface area contributed by atoms with Crippen LogP contribution in [0.5, 0.6) is 5.75 Å². The number of hydrogen-bond donors (Lipinski definition) is 0.